The van der Waals surface area contributed by atoms with E-state index in [2.05, 4.69) is 5.32 Å². The van der Waals surface area contributed by atoms with Crippen LogP contribution in [0.3, 0.4) is 0 Å². The maximum Gasteiger partial charge on any atom is 0.391 e. The van der Waals surface area contributed by atoms with E-state index in [0.717, 1.165) is 5.56 Å². The minimum absolute atomic E-state index is 0. The average Bonchev–Trinajstić information content (AvgIpc) is 2.41. The van der Waals surface area contributed by atoms with Crippen LogP contribution < -0.4 is 11.1 Å². The van der Waals surface area contributed by atoms with E-state index in [1.807, 2.05) is 0 Å². The summed E-state index contributed by atoms with van der Waals surface area (Å²) < 4.78 is 37.7. The molecule has 2 rings (SSSR count). The molecule has 7 heteroatoms. The zero-order chi connectivity index (χ0) is 15.5. The lowest BCUT2D eigenvalue weighted by Crippen LogP contribution is -2.40. The summed E-state index contributed by atoms with van der Waals surface area (Å²) in [6.45, 7) is 0. The van der Waals surface area contributed by atoms with Gasteiger partial charge in [-0.05, 0) is 43.4 Å². The molecule has 0 heterocycles. The number of nitrogens with two attached hydrogens (primary N) is 1. The molecule has 0 aromatic heterocycles. The lowest BCUT2D eigenvalue weighted by molar-refractivity contribution is -0.182. The summed E-state index contributed by atoms with van der Waals surface area (Å²) >= 11 is 0. The van der Waals surface area contributed by atoms with Gasteiger partial charge in [-0.3, -0.25) is 4.79 Å². The molecule has 1 aliphatic rings. The number of carbonyl (C=O) groups is 1. The van der Waals surface area contributed by atoms with Gasteiger partial charge in [0.1, 0.15) is 0 Å². The van der Waals surface area contributed by atoms with E-state index in [4.69, 9.17) is 5.73 Å². The van der Waals surface area contributed by atoms with Gasteiger partial charge in [-0.25, -0.2) is 0 Å². The van der Waals surface area contributed by atoms with Crippen molar-refractivity contribution >= 4 is 24.0 Å². The van der Waals surface area contributed by atoms with Crippen LogP contribution in [0.1, 0.15) is 31.2 Å². The van der Waals surface area contributed by atoms with Crippen LogP contribution in [0, 0.1) is 5.92 Å². The zero-order valence-corrected chi connectivity index (χ0v) is 12.8. The Hall–Kier alpha value is -1.43. The van der Waals surface area contributed by atoms with Crippen LogP contribution in [-0.2, 0) is 11.2 Å². The van der Waals surface area contributed by atoms with Crippen molar-refractivity contribution in [3.05, 3.63) is 29.8 Å². The predicted octanol–water partition coefficient (Wildman–Crippen LogP) is 3.47. The molecular formula is C15H20ClF3N2O. The van der Waals surface area contributed by atoms with E-state index >= 15 is 0 Å². The summed E-state index contributed by atoms with van der Waals surface area (Å²) in [7, 11) is 0. The molecule has 3 N–H and O–H groups in total. The molecule has 0 aliphatic heterocycles. The van der Waals surface area contributed by atoms with E-state index in [1.165, 1.54) is 0 Å². The minimum Gasteiger partial charge on any atom is -0.399 e. The normalized spacial score (nSPS) is 21.8. The van der Waals surface area contributed by atoms with Crippen molar-refractivity contribution in [1.82, 2.24) is 5.32 Å². The van der Waals surface area contributed by atoms with Gasteiger partial charge in [0.25, 0.3) is 0 Å². The van der Waals surface area contributed by atoms with Gasteiger partial charge in [-0.1, -0.05) is 12.1 Å². The van der Waals surface area contributed by atoms with Gasteiger partial charge in [0.15, 0.2) is 0 Å². The first kappa shape index (κ1) is 18.6. The van der Waals surface area contributed by atoms with Gasteiger partial charge in [-0.15, -0.1) is 12.4 Å². The molecule has 3 nitrogen and oxygen atoms in total. The third-order valence-electron chi connectivity index (χ3n) is 3.90. The van der Waals surface area contributed by atoms with Crippen molar-refractivity contribution in [3.63, 3.8) is 0 Å². The van der Waals surface area contributed by atoms with Crippen molar-refractivity contribution in [1.29, 1.82) is 0 Å². The lowest BCUT2D eigenvalue weighted by atomic mass is 9.85. The Bertz CT molecular complexity index is 483. The van der Waals surface area contributed by atoms with Gasteiger partial charge >= 0.3 is 6.18 Å². The third-order valence-corrected chi connectivity index (χ3v) is 3.90. The molecule has 1 fully saturated rings. The number of hydrogen-bond donors (Lipinski definition) is 2. The fourth-order valence-electron chi connectivity index (χ4n) is 2.66. The van der Waals surface area contributed by atoms with Crippen LogP contribution in [0.25, 0.3) is 0 Å². The number of amides is 1. The second-order valence-corrected chi connectivity index (χ2v) is 5.58. The fraction of sp³-hybridized carbons (Fsp3) is 0.533. The summed E-state index contributed by atoms with van der Waals surface area (Å²) in [6.07, 6.45) is -2.93. The van der Waals surface area contributed by atoms with E-state index in [-0.39, 0.29) is 43.6 Å². The van der Waals surface area contributed by atoms with Crippen LogP contribution in [-0.4, -0.2) is 18.1 Å². The molecule has 1 aliphatic carbocycles. The van der Waals surface area contributed by atoms with Crippen molar-refractivity contribution < 1.29 is 18.0 Å². The summed E-state index contributed by atoms with van der Waals surface area (Å²) in [5, 5.41) is 2.82. The SMILES string of the molecule is Cl.Nc1ccc(CC(=O)NC2CCC(C(F)(F)F)CC2)cc1. The Kier molecular flexibility index (Phi) is 6.53. The quantitative estimate of drug-likeness (QED) is 0.830. The number of hydrogen-bond acceptors (Lipinski definition) is 2. The number of nitrogens with one attached hydrogen (secondary N) is 1. The van der Waals surface area contributed by atoms with Crippen molar-refractivity contribution in [2.24, 2.45) is 5.92 Å². The van der Waals surface area contributed by atoms with Crippen LogP contribution >= 0.6 is 12.4 Å². The molecule has 1 saturated carbocycles. The second kappa shape index (κ2) is 7.72. The minimum atomic E-state index is -4.11. The van der Waals surface area contributed by atoms with Crippen molar-refractivity contribution in [2.45, 2.75) is 44.3 Å². The highest BCUT2D eigenvalue weighted by Gasteiger charge is 2.41. The molecule has 0 spiro atoms. The number of carbonyl (C=O) groups excluding carboxylic acids is 1. The maximum atomic E-state index is 12.6. The van der Waals surface area contributed by atoms with Crippen LogP contribution in [0.5, 0.6) is 0 Å². The number of nitrogen functional groups attached to an aromatic ring is 1. The lowest BCUT2D eigenvalue weighted by Gasteiger charge is -2.30. The highest BCUT2D eigenvalue weighted by Crippen LogP contribution is 2.37. The zero-order valence-electron chi connectivity index (χ0n) is 12.0. The monoisotopic (exact) mass is 336 g/mol. The molecule has 124 valence electrons. The fourth-order valence-corrected chi connectivity index (χ4v) is 2.66. The second-order valence-electron chi connectivity index (χ2n) is 5.58. The van der Waals surface area contributed by atoms with Gasteiger partial charge in [0.2, 0.25) is 5.91 Å². The van der Waals surface area contributed by atoms with E-state index < -0.39 is 12.1 Å². The van der Waals surface area contributed by atoms with Gasteiger partial charge in [0, 0.05) is 11.7 Å². The highest BCUT2D eigenvalue weighted by molar-refractivity contribution is 5.85. The molecule has 1 aromatic rings. The van der Waals surface area contributed by atoms with Crippen LogP contribution in [0.2, 0.25) is 0 Å². The number of anilines is 1. The summed E-state index contributed by atoms with van der Waals surface area (Å²) in [5.74, 6) is -1.38. The smallest absolute Gasteiger partial charge is 0.391 e. The maximum absolute atomic E-state index is 12.6. The average molecular weight is 337 g/mol. The van der Waals surface area contributed by atoms with E-state index in [0.29, 0.717) is 18.5 Å². The molecule has 0 atom stereocenters. The Morgan fingerprint density at radius 1 is 1.14 bits per heavy atom. The highest BCUT2D eigenvalue weighted by atomic mass is 35.5. The Labute approximate surface area is 133 Å². The standard InChI is InChI=1S/C15H19F3N2O.ClH/c16-15(17,18)11-3-7-13(8-4-11)20-14(21)9-10-1-5-12(19)6-2-10;/h1-2,5-6,11,13H,3-4,7-9,19H2,(H,20,21);1H. The molecule has 22 heavy (non-hydrogen) atoms. The molecule has 0 bridgehead atoms. The number of benzene rings is 1. The van der Waals surface area contributed by atoms with Gasteiger partial charge in [-0.2, -0.15) is 13.2 Å². The van der Waals surface area contributed by atoms with Gasteiger partial charge in [0.05, 0.1) is 12.3 Å². The molecule has 0 saturated heterocycles. The number of alkyl halides is 3. The van der Waals surface area contributed by atoms with Crippen LogP contribution in [0.4, 0.5) is 18.9 Å². The predicted molar refractivity (Wildman–Crippen MR) is 81.8 cm³/mol. The Balaban J connectivity index is 0.00000242. The number of rotatable bonds is 3. The van der Waals surface area contributed by atoms with Gasteiger partial charge < -0.3 is 11.1 Å². The summed E-state index contributed by atoms with van der Waals surface area (Å²) in [4.78, 5) is 11.9. The molecule has 0 unspecified atom stereocenters. The van der Waals surface area contributed by atoms with E-state index in [1.54, 1.807) is 24.3 Å². The Morgan fingerprint density at radius 3 is 2.18 bits per heavy atom. The number of halogens is 4. The molecular weight excluding hydrogens is 317 g/mol. The third kappa shape index (κ3) is 5.40. The molecule has 0 radical (unpaired) electrons. The first-order valence-electron chi connectivity index (χ1n) is 7.05. The van der Waals surface area contributed by atoms with E-state index in [9.17, 15) is 18.0 Å². The van der Waals surface area contributed by atoms with Crippen molar-refractivity contribution in [2.75, 3.05) is 5.73 Å². The molecule has 1 amide bonds. The largest absolute Gasteiger partial charge is 0.399 e. The Morgan fingerprint density at radius 2 is 1.68 bits per heavy atom. The molecule has 1 aromatic carbocycles. The topological polar surface area (TPSA) is 55.1 Å². The van der Waals surface area contributed by atoms with Crippen LogP contribution in [0.15, 0.2) is 24.3 Å². The summed E-state index contributed by atoms with van der Waals surface area (Å²) in [6, 6.07) is 6.84. The first-order valence-corrected chi connectivity index (χ1v) is 7.05. The summed E-state index contributed by atoms with van der Waals surface area (Å²) in [5.41, 5.74) is 7.03. The van der Waals surface area contributed by atoms with Crippen molar-refractivity contribution in [3.8, 4) is 0 Å². The first-order chi connectivity index (χ1) is 9.84.